The van der Waals surface area contributed by atoms with Gasteiger partial charge in [0.05, 0.1) is 6.26 Å². The average molecular weight is 200 g/mol. The van der Waals surface area contributed by atoms with E-state index in [0.29, 0.717) is 0 Å². The normalized spacial score (nSPS) is 9.87. The molecule has 0 aliphatic carbocycles. The highest BCUT2D eigenvalue weighted by Gasteiger charge is 1.95. The molecule has 0 aliphatic heterocycles. The second kappa shape index (κ2) is 5.60. The van der Waals surface area contributed by atoms with E-state index in [2.05, 4.69) is 17.9 Å². The van der Waals surface area contributed by atoms with Gasteiger partial charge in [-0.15, -0.1) is 0 Å². The SMILES string of the molecule is C=COC(=O)/C=C/C(=C)c1ccccc1. The van der Waals surface area contributed by atoms with Gasteiger partial charge in [0.25, 0.3) is 0 Å². The molecule has 0 aromatic heterocycles. The third kappa shape index (κ3) is 3.65. The van der Waals surface area contributed by atoms with Gasteiger partial charge in [-0.3, -0.25) is 0 Å². The largest absolute Gasteiger partial charge is 0.432 e. The lowest BCUT2D eigenvalue weighted by Gasteiger charge is -1.98. The van der Waals surface area contributed by atoms with Crippen LogP contribution in [0.15, 0.2) is 61.9 Å². The quantitative estimate of drug-likeness (QED) is 0.323. The predicted octanol–water partition coefficient (Wildman–Crippen LogP) is 2.94. The molecule has 0 bridgehead atoms. The fraction of sp³-hybridized carbons (Fsp3) is 0. The molecule has 15 heavy (non-hydrogen) atoms. The molecule has 0 spiro atoms. The average Bonchev–Trinajstić information content (AvgIpc) is 2.27. The van der Waals surface area contributed by atoms with Gasteiger partial charge < -0.3 is 4.74 Å². The van der Waals surface area contributed by atoms with Crippen molar-refractivity contribution in [1.29, 1.82) is 0 Å². The van der Waals surface area contributed by atoms with Crippen molar-refractivity contribution < 1.29 is 9.53 Å². The van der Waals surface area contributed by atoms with Crippen LogP contribution in [-0.4, -0.2) is 5.97 Å². The molecule has 0 atom stereocenters. The molecule has 0 heterocycles. The first-order valence-corrected chi connectivity index (χ1v) is 4.48. The lowest BCUT2D eigenvalue weighted by molar-refractivity contribution is -0.132. The van der Waals surface area contributed by atoms with Gasteiger partial charge in [0.2, 0.25) is 0 Å². The molecule has 1 aromatic carbocycles. The summed E-state index contributed by atoms with van der Waals surface area (Å²) in [6.45, 7) is 7.12. The second-order valence-corrected chi connectivity index (χ2v) is 2.83. The Morgan fingerprint density at radius 2 is 1.87 bits per heavy atom. The highest BCUT2D eigenvalue weighted by Crippen LogP contribution is 2.12. The number of hydrogen-bond acceptors (Lipinski definition) is 2. The van der Waals surface area contributed by atoms with E-state index in [0.717, 1.165) is 17.4 Å². The van der Waals surface area contributed by atoms with Crippen molar-refractivity contribution in [3.63, 3.8) is 0 Å². The Kier molecular flexibility index (Phi) is 4.10. The molecule has 1 rings (SSSR count). The summed E-state index contributed by atoms with van der Waals surface area (Å²) >= 11 is 0. The summed E-state index contributed by atoms with van der Waals surface area (Å²) in [4.78, 5) is 11.0. The van der Waals surface area contributed by atoms with Crippen LogP contribution in [0.4, 0.5) is 0 Å². The van der Waals surface area contributed by atoms with Crippen LogP contribution in [0, 0.1) is 0 Å². The Labute approximate surface area is 89.2 Å². The second-order valence-electron chi connectivity index (χ2n) is 2.83. The molecule has 2 heteroatoms. The highest BCUT2D eigenvalue weighted by atomic mass is 16.5. The van der Waals surface area contributed by atoms with Gasteiger partial charge in [0, 0.05) is 6.08 Å². The summed E-state index contributed by atoms with van der Waals surface area (Å²) in [7, 11) is 0. The molecule has 0 N–H and O–H groups in total. The number of ether oxygens (including phenoxy) is 1. The molecule has 2 nitrogen and oxygen atoms in total. The van der Waals surface area contributed by atoms with Crippen molar-refractivity contribution in [3.8, 4) is 0 Å². The van der Waals surface area contributed by atoms with Crippen LogP contribution < -0.4 is 0 Å². The zero-order valence-electron chi connectivity index (χ0n) is 8.35. The van der Waals surface area contributed by atoms with Crippen molar-refractivity contribution in [3.05, 3.63) is 67.5 Å². The summed E-state index contributed by atoms with van der Waals surface area (Å²) in [6, 6.07) is 9.59. The van der Waals surface area contributed by atoms with Crippen molar-refractivity contribution in [1.82, 2.24) is 0 Å². The predicted molar refractivity (Wildman–Crippen MR) is 60.9 cm³/mol. The highest BCUT2D eigenvalue weighted by molar-refractivity contribution is 5.86. The zero-order chi connectivity index (χ0) is 11.1. The van der Waals surface area contributed by atoms with Gasteiger partial charge in [0.1, 0.15) is 0 Å². The summed E-state index contributed by atoms with van der Waals surface area (Å²) in [6.07, 6.45) is 4.02. The number of hydrogen-bond donors (Lipinski definition) is 0. The van der Waals surface area contributed by atoms with Gasteiger partial charge in [-0.05, 0) is 17.2 Å². The molecule has 1 aromatic rings. The maximum absolute atomic E-state index is 11.0. The van der Waals surface area contributed by atoms with E-state index < -0.39 is 5.97 Å². The van der Waals surface area contributed by atoms with E-state index >= 15 is 0 Å². The van der Waals surface area contributed by atoms with Gasteiger partial charge in [-0.1, -0.05) is 43.5 Å². The maximum atomic E-state index is 11.0. The van der Waals surface area contributed by atoms with E-state index in [1.54, 1.807) is 6.08 Å². The molecular formula is C13H12O2. The zero-order valence-corrected chi connectivity index (χ0v) is 8.35. The molecular weight excluding hydrogens is 188 g/mol. The Balaban J connectivity index is 2.64. The Hall–Kier alpha value is -2.09. The fourth-order valence-electron chi connectivity index (χ4n) is 1.04. The van der Waals surface area contributed by atoms with E-state index in [1.807, 2.05) is 30.3 Å². The maximum Gasteiger partial charge on any atom is 0.335 e. The van der Waals surface area contributed by atoms with Crippen LogP contribution >= 0.6 is 0 Å². The van der Waals surface area contributed by atoms with E-state index in [4.69, 9.17) is 0 Å². The fourth-order valence-corrected chi connectivity index (χ4v) is 1.04. The lowest BCUT2D eigenvalue weighted by Crippen LogP contribution is -1.92. The van der Waals surface area contributed by atoms with Gasteiger partial charge in [0.15, 0.2) is 0 Å². The first-order valence-electron chi connectivity index (χ1n) is 4.48. The van der Waals surface area contributed by atoms with Gasteiger partial charge in [-0.2, -0.15) is 0 Å². The van der Waals surface area contributed by atoms with E-state index in [-0.39, 0.29) is 0 Å². The van der Waals surface area contributed by atoms with E-state index in [1.165, 1.54) is 6.08 Å². The molecule has 0 saturated carbocycles. The van der Waals surface area contributed by atoms with Crippen molar-refractivity contribution in [2.75, 3.05) is 0 Å². The minimum absolute atomic E-state index is 0.456. The van der Waals surface area contributed by atoms with Crippen LogP contribution in [0.25, 0.3) is 5.57 Å². The summed E-state index contributed by atoms with van der Waals surface area (Å²) < 4.78 is 4.53. The van der Waals surface area contributed by atoms with Crippen molar-refractivity contribution in [2.24, 2.45) is 0 Å². The summed E-state index contributed by atoms with van der Waals surface area (Å²) in [5, 5.41) is 0. The van der Waals surface area contributed by atoms with Crippen LogP contribution in [0.5, 0.6) is 0 Å². The van der Waals surface area contributed by atoms with Crippen LogP contribution in [-0.2, 0) is 9.53 Å². The molecule has 0 unspecified atom stereocenters. The Bertz CT molecular complexity index is 388. The lowest BCUT2D eigenvalue weighted by atomic mass is 10.1. The summed E-state index contributed by atoms with van der Waals surface area (Å²) in [5.74, 6) is -0.456. The van der Waals surface area contributed by atoms with Crippen LogP contribution in [0.3, 0.4) is 0 Å². The summed E-state index contributed by atoms with van der Waals surface area (Å²) in [5.41, 5.74) is 1.73. The Morgan fingerprint density at radius 1 is 1.20 bits per heavy atom. The number of carbonyl (C=O) groups excluding carboxylic acids is 1. The number of benzene rings is 1. The van der Waals surface area contributed by atoms with E-state index in [9.17, 15) is 4.79 Å². The minimum Gasteiger partial charge on any atom is -0.432 e. The number of esters is 1. The minimum atomic E-state index is -0.456. The standard InChI is InChI=1S/C13H12O2/c1-3-15-13(14)10-9-11(2)12-7-5-4-6-8-12/h3-10H,1-2H2/b10-9+. The molecule has 0 amide bonds. The first-order chi connectivity index (χ1) is 7.24. The number of carbonyl (C=O) groups is 1. The molecule has 0 aliphatic rings. The molecule has 0 saturated heterocycles. The smallest absolute Gasteiger partial charge is 0.335 e. The molecule has 76 valence electrons. The molecule has 0 radical (unpaired) electrons. The van der Waals surface area contributed by atoms with Crippen molar-refractivity contribution in [2.45, 2.75) is 0 Å². The third-order valence-corrected chi connectivity index (χ3v) is 1.76. The van der Waals surface area contributed by atoms with Crippen LogP contribution in [0.2, 0.25) is 0 Å². The molecule has 0 fully saturated rings. The van der Waals surface area contributed by atoms with Crippen molar-refractivity contribution >= 4 is 11.5 Å². The van der Waals surface area contributed by atoms with Crippen LogP contribution in [0.1, 0.15) is 5.56 Å². The first kappa shape index (κ1) is 11.0. The topological polar surface area (TPSA) is 26.3 Å². The third-order valence-electron chi connectivity index (χ3n) is 1.76. The van der Waals surface area contributed by atoms with Gasteiger partial charge in [-0.25, -0.2) is 4.79 Å². The number of allylic oxidation sites excluding steroid dienone is 2. The van der Waals surface area contributed by atoms with Gasteiger partial charge >= 0.3 is 5.97 Å². The monoisotopic (exact) mass is 200 g/mol. The number of rotatable bonds is 4. The Morgan fingerprint density at radius 3 is 2.47 bits per heavy atom.